The Morgan fingerprint density at radius 3 is 2.46 bits per heavy atom. The van der Waals surface area contributed by atoms with Crippen LogP contribution in [0, 0.1) is 17.5 Å². The van der Waals surface area contributed by atoms with Gasteiger partial charge in [0.25, 0.3) is 0 Å². The van der Waals surface area contributed by atoms with Gasteiger partial charge in [-0.3, -0.25) is 4.57 Å². The minimum absolute atomic E-state index is 0.0198. The fourth-order valence-electron chi connectivity index (χ4n) is 2.54. The second-order valence-electron chi connectivity index (χ2n) is 5.74. The molecule has 0 aliphatic carbocycles. The molecule has 0 spiro atoms. The number of likely N-dealkylation sites (N-methyl/N-ethyl adjacent to an activating group) is 1. The summed E-state index contributed by atoms with van der Waals surface area (Å²) in [5.74, 6) is -1.98. The zero-order chi connectivity index (χ0) is 17.4. The van der Waals surface area contributed by atoms with Crippen LogP contribution in [0.25, 0.3) is 16.7 Å². The van der Waals surface area contributed by atoms with Crippen molar-refractivity contribution < 1.29 is 13.2 Å². The van der Waals surface area contributed by atoms with Crippen molar-refractivity contribution in [1.82, 2.24) is 14.5 Å². The van der Waals surface area contributed by atoms with Crippen LogP contribution in [0.2, 0.25) is 5.02 Å². The van der Waals surface area contributed by atoms with Gasteiger partial charge in [-0.05, 0) is 44.4 Å². The van der Waals surface area contributed by atoms with Gasteiger partial charge < -0.3 is 4.90 Å². The number of nitrogens with zero attached hydrogens (tertiary/aromatic N) is 3. The van der Waals surface area contributed by atoms with Gasteiger partial charge in [0.05, 0.1) is 10.5 Å². The molecule has 0 fully saturated rings. The summed E-state index contributed by atoms with van der Waals surface area (Å²) >= 11 is 5.85. The van der Waals surface area contributed by atoms with Crippen molar-refractivity contribution in [3.8, 4) is 5.69 Å². The molecule has 3 aromatic rings. The molecule has 0 aliphatic heterocycles. The zero-order valence-corrected chi connectivity index (χ0v) is 13.9. The number of benzene rings is 2. The summed E-state index contributed by atoms with van der Waals surface area (Å²) in [6.07, 6.45) is 0.512. The largest absolute Gasteiger partial charge is 0.309 e. The van der Waals surface area contributed by atoms with Crippen molar-refractivity contribution in [2.75, 3.05) is 20.6 Å². The van der Waals surface area contributed by atoms with E-state index in [4.69, 9.17) is 11.6 Å². The average Bonchev–Trinajstić information content (AvgIpc) is 2.91. The molecule has 7 heteroatoms. The average molecular weight is 354 g/mol. The molecule has 0 saturated heterocycles. The van der Waals surface area contributed by atoms with Gasteiger partial charge in [-0.1, -0.05) is 11.6 Å². The molecule has 1 heterocycles. The van der Waals surface area contributed by atoms with Crippen molar-refractivity contribution in [3.05, 3.63) is 58.6 Å². The van der Waals surface area contributed by atoms with Crippen LogP contribution in [0.5, 0.6) is 0 Å². The van der Waals surface area contributed by atoms with Crippen molar-refractivity contribution in [3.63, 3.8) is 0 Å². The van der Waals surface area contributed by atoms with Crippen molar-refractivity contribution in [2.45, 2.75) is 6.42 Å². The van der Waals surface area contributed by atoms with E-state index < -0.39 is 17.5 Å². The van der Waals surface area contributed by atoms with Crippen LogP contribution in [0.4, 0.5) is 13.2 Å². The van der Waals surface area contributed by atoms with Gasteiger partial charge in [-0.25, -0.2) is 18.2 Å². The molecule has 3 rings (SSSR count). The van der Waals surface area contributed by atoms with E-state index in [2.05, 4.69) is 4.98 Å². The Morgan fingerprint density at radius 2 is 1.79 bits per heavy atom. The fraction of sp³-hybridized carbons (Fsp3) is 0.235. The first-order valence-corrected chi connectivity index (χ1v) is 7.71. The maximum atomic E-state index is 14.4. The molecule has 2 aromatic carbocycles. The van der Waals surface area contributed by atoms with Crippen LogP contribution in [-0.2, 0) is 6.42 Å². The Bertz CT molecular complexity index is 906. The van der Waals surface area contributed by atoms with E-state index in [-0.39, 0.29) is 10.5 Å². The Kier molecular flexibility index (Phi) is 4.51. The Morgan fingerprint density at radius 1 is 1.08 bits per heavy atom. The number of imidazole rings is 1. The number of hydrogen-bond donors (Lipinski definition) is 0. The fourth-order valence-corrected chi connectivity index (χ4v) is 2.72. The summed E-state index contributed by atoms with van der Waals surface area (Å²) in [7, 11) is 3.81. The second-order valence-corrected chi connectivity index (χ2v) is 6.15. The van der Waals surface area contributed by atoms with E-state index in [1.54, 1.807) is 0 Å². The molecule has 0 atom stereocenters. The SMILES string of the molecule is CN(C)CCc1nc2ccc(F)c(F)c2n1-c1ccc(F)c(Cl)c1. The molecule has 24 heavy (non-hydrogen) atoms. The van der Waals surface area contributed by atoms with Gasteiger partial charge in [-0.2, -0.15) is 0 Å². The van der Waals surface area contributed by atoms with Gasteiger partial charge in [0.15, 0.2) is 11.6 Å². The topological polar surface area (TPSA) is 21.1 Å². The molecule has 0 saturated carbocycles. The molecule has 0 aliphatic rings. The van der Waals surface area contributed by atoms with Crippen LogP contribution in [0.15, 0.2) is 30.3 Å². The minimum atomic E-state index is -0.989. The molecule has 0 N–H and O–H groups in total. The lowest BCUT2D eigenvalue weighted by Gasteiger charge is -2.13. The summed E-state index contributed by atoms with van der Waals surface area (Å²) in [5.41, 5.74) is 0.789. The van der Waals surface area contributed by atoms with Gasteiger partial charge >= 0.3 is 0 Å². The predicted octanol–water partition coefficient (Wildman–Crippen LogP) is 4.20. The predicted molar refractivity (Wildman–Crippen MR) is 88.2 cm³/mol. The molecular weight excluding hydrogens is 339 g/mol. The lowest BCUT2D eigenvalue weighted by Crippen LogP contribution is -2.17. The van der Waals surface area contributed by atoms with Crippen LogP contribution in [-0.4, -0.2) is 35.1 Å². The highest BCUT2D eigenvalue weighted by Crippen LogP contribution is 2.28. The van der Waals surface area contributed by atoms with Gasteiger partial charge in [-0.15, -0.1) is 0 Å². The Labute approximate surface area is 142 Å². The molecule has 0 bridgehead atoms. The highest BCUT2D eigenvalue weighted by Gasteiger charge is 2.19. The summed E-state index contributed by atoms with van der Waals surface area (Å²) in [6, 6.07) is 6.50. The van der Waals surface area contributed by atoms with Crippen molar-refractivity contribution in [1.29, 1.82) is 0 Å². The summed E-state index contributed by atoms with van der Waals surface area (Å²) in [5, 5.41) is -0.0929. The molecule has 0 amide bonds. The molecule has 0 unspecified atom stereocenters. The number of aromatic nitrogens is 2. The van der Waals surface area contributed by atoms with Crippen molar-refractivity contribution >= 4 is 22.6 Å². The first kappa shape index (κ1) is 16.8. The zero-order valence-electron chi connectivity index (χ0n) is 13.2. The van der Waals surface area contributed by atoms with Gasteiger partial charge in [0.1, 0.15) is 17.2 Å². The second kappa shape index (κ2) is 6.45. The maximum absolute atomic E-state index is 14.4. The highest BCUT2D eigenvalue weighted by atomic mass is 35.5. The van der Waals surface area contributed by atoms with E-state index in [0.717, 1.165) is 6.07 Å². The van der Waals surface area contributed by atoms with Crippen molar-refractivity contribution in [2.24, 2.45) is 0 Å². The summed E-state index contributed by atoms with van der Waals surface area (Å²) in [6.45, 7) is 0.669. The summed E-state index contributed by atoms with van der Waals surface area (Å²) < 4.78 is 43.0. The molecule has 1 aromatic heterocycles. The first-order chi connectivity index (χ1) is 11.4. The monoisotopic (exact) mass is 353 g/mol. The van der Waals surface area contributed by atoms with Gasteiger partial charge in [0, 0.05) is 18.7 Å². The Hall–Kier alpha value is -2.05. The van der Waals surface area contributed by atoms with E-state index in [0.29, 0.717) is 30.0 Å². The van der Waals surface area contributed by atoms with E-state index in [9.17, 15) is 13.2 Å². The molecular formula is C17H15ClF3N3. The van der Waals surface area contributed by atoms with Gasteiger partial charge in [0.2, 0.25) is 0 Å². The molecule has 3 nitrogen and oxygen atoms in total. The number of halogens is 4. The third-order valence-electron chi connectivity index (χ3n) is 3.72. The lowest BCUT2D eigenvalue weighted by atomic mass is 10.2. The standard InChI is InChI=1S/C17H15ClF3N3/c1-23(2)8-7-15-22-14-6-5-13(20)16(21)17(14)24(15)10-3-4-12(19)11(18)9-10/h3-6,9H,7-8H2,1-2H3. The minimum Gasteiger partial charge on any atom is -0.309 e. The first-order valence-electron chi connectivity index (χ1n) is 7.34. The third kappa shape index (κ3) is 2.99. The number of hydrogen-bond acceptors (Lipinski definition) is 2. The van der Waals surface area contributed by atoms with Crippen LogP contribution < -0.4 is 0 Å². The van der Waals surface area contributed by atoms with E-state index in [1.165, 1.54) is 28.8 Å². The number of fused-ring (bicyclic) bond motifs is 1. The quantitative estimate of drug-likeness (QED) is 0.701. The van der Waals surface area contributed by atoms with E-state index >= 15 is 0 Å². The maximum Gasteiger partial charge on any atom is 0.185 e. The Balaban J connectivity index is 2.26. The lowest BCUT2D eigenvalue weighted by molar-refractivity contribution is 0.409. The normalized spacial score (nSPS) is 11.6. The third-order valence-corrected chi connectivity index (χ3v) is 4.01. The summed E-state index contributed by atoms with van der Waals surface area (Å²) in [4.78, 5) is 6.36. The molecule has 126 valence electrons. The van der Waals surface area contributed by atoms with Crippen LogP contribution >= 0.6 is 11.6 Å². The van der Waals surface area contributed by atoms with E-state index in [1.807, 2.05) is 19.0 Å². The smallest absolute Gasteiger partial charge is 0.185 e. The van der Waals surface area contributed by atoms with Crippen LogP contribution in [0.1, 0.15) is 5.82 Å². The molecule has 0 radical (unpaired) electrons. The number of rotatable bonds is 4. The highest BCUT2D eigenvalue weighted by molar-refractivity contribution is 6.30. The van der Waals surface area contributed by atoms with Crippen LogP contribution in [0.3, 0.4) is 0 Å².